The molecule has 2 aromatic carbocycles. The Morgan fingerprint density at radius 2 is 1.67 bits per heavy atom. The second-order valence-electron chi connectivity index (χ2n) is 6.85. The first-order chi connectivity index (χ1) is 13.9. The largest absolute Gasteiger partial charge is 0.481 e. The maximum absolute atomic E-state index is 12.6. The quantitative estimate of drug-likeness (QED) is 0.555. The van der Waals surface area contributed by atoms with Gasteiger partial charge in [0.2, 0.25) is 15.9 Å². The van der Waals surface area contributed by atoms with E-state index < -0.39 is 31.9 Å². The van der Waals surface area contributed by atoms with Crippen LogP contribution >= 0.6 is 0 Å². The van der Waals surface area contributed by atoms with Crippen molar-refractivity contribution < 1.29 is 31.5 Å². The molecular formula is C18H19N3O7S2. The van der Waals surface area contributed by atoms with Gasteiger partial charge >= 0.3 is 5.97 Å². The van der Waals surface area contributed by atoms with Crippen molar-refractivity contribution >= 4 is 43.3 Å². The summed E-state index contributed by atoms with van der Waals surface area (Å²) in [5.74, 6) is -2.54. The highest BCUT2D eigenvalue weighted by Crippen LogP contribution is 2.27. The van der Waals surface area contributed by atoms with Crippen molar-refractivity contribution in [2.75, 3.05) is 16.2 Å². The topological polar surface area (TPSA) is 164 Å². The molecule has 0 aliphatic carbocycles. The number of anilines is 2. The molecule has 0 radical (unpaired) electrons. The van der Waals surface area contributed by atoms with Gasteiger partial charge < -0.3 is 10.0 Å². The van der Waals surface area contributed by atoms with Crippen molar-refractivity contribution in [3.05, 3.63) is 54.1 Å². The zero-order chi connectivity index (χ0) is 22.1. The Hall–Kier alpha value is -2.96. The minimum atomic E-state index is -3.93. The first-order valence-electron chi connectivity index (χ1n) is 8.70. The van der Waals surface area contributed by atoms with Crippen LogP contribution in [0.3, 0.4) is 0 Å². The summed E-state index contributed by atoms with van der Waals surface area (Å²) in [5.41, 5.74) is 1.06. The number of sulfonamides is 2. The van der Waals surface area contributed by atoms with E-state index >= 15 is 0 Å². The monoisotopic (exact) mass is 453 g/mol. The average Bonchev–Trinajstić information content (AvgIpc) is 3.04. The molecule has 1 amide bonds. The van der Waals surface area contributed by atoms with Crippen LogP contribution < -0.4 is 14.8 Å². The van der Waals surface area contributed by atoms with Gasteiger partial charge in [-0.25, -0.2) is 22.0 Å². The molecule has 0 bridgehead atoms. The summed E-state index contributed by atoms with van der Waals surface area (Å²) in [7, 11) is -7.62. The van der Waals surface area contributed by atoms with Crippen LogP contribution in [-0.4, -0.2) is 40.4 Å². The molecule has 2 aromatic rings. The van der Waals surface area contributed by atoms with Crippen LogP contribution in [0.4, 0.5) is 11.4 Å². The lowest BCUT2D eigenvalue weighted by molar-refractivity contribution is -0.141. The summed E-state index contributed by atoms with van der Waals surface area (Å²) in [4.78, 5) is 24.3. The summed E-state index contributed by atoms with van der Waals surface area (Å²) in [6.07, 6.45) is -0.0988. The van der Waals surface area contributed by atoms with Gasteiger partial charge in [-0.1, -0.05) is 12.1 Å². The molecule has 1 aliphatic heterocycles. The third-order valence-corrected chi connectivity index (χ3v) is 6.64. The van der Waals surface area contributed by atoms with E-state index in [9.17, 15) is 26.4 Å². The summed E-state index contributed by atoms with van der Waals surface area (Å²) in [6.45, 7) is 0.0311. The Bertz CT molecular complexity index is 1180. The molecule has 1 heterocycles. The lowest BCUT2D eigenvalue weighted by atomic mass is 10.1. The number of amides is 1. The highest BCUT2D eigenvalue weighted by Gasteiger charge is 2.35. The number of rotatable bonds is 7. The molecule has 30 heavy (non-hydrogen) atoms. The van der Waals surface area contributed by atoms with E-state index in [0.717, 1.165) is 0 Å². The van der Waals surface area contributed by atoms with Gasteiger partial charge in [0.1, 0.15) is 0 Å². The van der Waals surface area contributed by atoms with Crippen LogP contribution in [-0.2, 0) is 35.4 Å². The molecule has 160 valence electrons. The number of benzene rings is 2. The van der Waals surface area contributed by atoms with Gasteiger partial charge in [-0.15, -0.1) is 0 Å². The Balaban J connectivity index is 1.72. The number of aliphatic carboxylic acids is 1. The van der Waals surface area contributed by atoms with Gasteiger partial charge in [0, 0.05) is 24.3 Å². The predicted octanol–water partition coefficient (Wildman–Crippen LogP) is 0.713. The van der Waals surface area contributed by atoms with E-state index in [1.807, 2.05) is 0 Å². The van der Waals surface area contributed by atoms with Crippen molar-refractivity contribution in [1.29, 1.82) is 0 Å². The summed E-state index contributed by atoms with van der Waals surface area (Å²) >= 11 is 0. The first kappa shape index (κ1) is 21.7. The molecule has 1 saturated heterocycles. The molecule has 10 nitrogen and oxygen atoms in total. The lowest BCUT2D eigenvalue weighted by Crippen LogP contribution is -2.25. The van der Waals surface area contributed by atoms with Crippen LogP contribution in [0.5, 0.6) is 0 Å². The second-order valence-corrected chi connectivity index (χ2v) is 10.1. The number of nitrogens with one attached hydrogen (secondary N) is 1. The third kappa shape index (κ3) is 5.14. The predicted molar refractivity (Wildman–Crippen MR) is 109 cm³/mol. The fourth-order valence-electron chi connectivity index (χ4n) is 3.04. The Morgan fingerprint density at radius 3 is 2.17 bits per heavy atom. The van der Waals surface area contributed by atoms with E-state index in [0.29, 0.717) is 11.3 Å². The zero-order valence-electron chi connectivity index (χ0n) is 15.6. The van der Waals surface area contributed by atoms with Crippen LogP contribution in [0.15, 0.2) is 53.4 Å². The average molecular weight is 453 g/mol. The molecular weight excluding hydrogens is 434 g/mol. The van der Waals surface area contributed by atoms with Gasteiger partial charge in [-0.2, -0.15) is 0 Å². The molecule has 12 heteroatoms. The summed E-state index contributed by atoms with van der Waals surface area (Å²) < 4.78 is 49.7. The van der Waals surface area contributed by atoms with Crippen molar-refractivity contribution in [3.63, 3.8) is 0 Å². The summed E-state index contributed by atoms with van der Waals surface area (Å²) in [5, 5.41) is 14.0. The van der Waals surface area contributed by atoms with E-state index in [2.05, 4.69) is 4.72 Å². The van der Waals surface area contributed by atoms with Gasteiger partial charge in [0.25, 0.3) is 10.0 Å². The molecule has 1 atom stereocenters. The number of hydrogen-bond donors (Lipinski definition) is 3. The summed E-state index contributed by atoms with van der Waals surface area (Å²) in [6, 6.07) is 11.2. The number of nitrogens with zero attached hydrogens (tertiary/aromatic N) is 1. The third-order valence-electron chi connectivity index (χ3n) is 4.51. The van der Waals surface area contributed by atoms with Crippen LogP contribution in [0, 0.1) is 5.92 Å². The Morgan fingerprint density at radius 1 is 1.07 bits per heavy atom. The maximum atomic E-state index is 12.6. The van der Waals surface area contributed by atoms with Crippen molar-refractivity contribution in [3.8, 4) is 0 Å². The molecule has 0 spiro atoms. The van der Waals surface area contributed by atoms with Gasteiger partial charge in [0.05, 0.1) is 16.6 Å². The highest BCUT2D eigenvalue weighted by atomic mass is 32.2. The van der Waals surface area contributed by atoms with Crippen molar-refractivity contribution in [2.24, 2.45) is 11.1 Å². The standard InChI is InChI=1S/C18H19N3O7S2/c19-29(25,26)11-12-1-3-14(4-2-12)20-30(27,28)16-7-5-15(6-8-16)21-10-13(18(23)24)9-17(21)22/h1-8,13,20H,9-11H2,(H,23,24)(H2,19,25,26). The molecule has 0 saturated carbocycles. The number of nitrogens with two attached hydrogens (primary N) is 1. The van der Waals surface area contributed by atoms with E-state index in [1.165, 1.54) is 53.4 Å². The lowest BCUT2D eigenvalue weighted by Gasteiger charge is -2.16. The molecule has 3 rings (SSSR count). The number of carboxylic acid groups (broad SMARTS) is 1. The Labute approximate surface area is 173 Å². The maximum Gasteiger partial charge on any atom is 0.308 e. The molecule has 1 fully saturated rings. The molecule has 0 aromatic heterocycles. The molecule has 4 N–H and O–H groups in total. The van der Waals surface area contributed by atoms with E-state index in [-0.39, 0.29) is 35.2 Å². The number of primary sulfonamides is 1. The van der Waals surface area contributed by atoms with E-state index in [1.54, 1.807) is 0 Å². The second kappa shape index (κ2) is 8.05. The fourth-order valence-corrected chi connectivity index (χ4v) is 4.76. The zero-order valence-corrected chi connectivity index (χ0v) is 17.2. The van der Waals surface area contributed by atoms with Gasteiger partial charge in [0.15, 0.2) is 0 Å². The number of carbonyl (C=O) groups is 2. The number of hydrogen-bond acceptors (Lipinski definition) is 6. The van der Waals surface area contributed by atoms with E-state index in [4.69, 9.17) is 10.2 Å². The normalized spacial score (nSPS) is 17.2. The SMILES string of the molecule is NS(=O)(=O)Cc1ccc(NS(=O)(=O)c2ccc(N3CC(C(=O)O)CC3=O)cc2)cc1. The van der Waals surface area contributed by atoms with Gasteiger partial charge in [-0.3, -0.25) is 14.3 Å². The minimum absolute atomic E-state index is 0.0311. The van der Waals surface area contributed by atoms with Crippen LogP contribution in [0.25, 0.3) is 0 Å². The highest BCUT2D eigenvalue weighted by molar-refractivity contribution is 7.92. The van der Waals surface area contributed by atoms with Gasteiger partial charge in [-0.05, 0) is 42.0 Å². The van der Waals surface area contributed by atoms with Crippen molar-refractivity contribution in [2.45, 2.75) is 17.1 Å². The Kier molecular flexibility index (Phi) is 5.83. The first-order valence-corrected chi connectivity index (χ1v) is 11.9. The molecule has 1 aliphatic rings. The minimum Gasteiger partial charge on any atom is -0.481 e. The number of carbonyl (C=O) groups excluding carboxylic acids is 1. The smallest absolute Gasteiger partial charge is 0.308 e. The molecule has 1 unspecified atom stereocenters. The van der Waals surface area contributed by atoms with Crippen molar-refractivity contribution in [1.82, 2.24) is 0 Å². The van der Waals surface area contributed by atoms with Crippen LogP contribution in [0.1, 0.15) is 12.0 Å². The number of carboxylic acids is 1. The van der Waals surface area contributed by atoms with Crippen LogP contribution in [0.2, 0.25) is 0 Å². The fraction of sp³-hybridized carbons (Fsp3) is 0.222.